The van der Waals surface area contributed by atoms with Crippen molar-refractivity contribution in [2.45, 2.75) is 16.8 Å². The van der Waals surface area contributed by atoms with Crippen molar-refractivity contribution in [2.75, 3.05) is 15.8 Å². The molecule has 1 aliphatic rings. The number of nitrogens with zero attached hydrogens (tertiary/aromatic N) is 1. The molecule has 8 nitrogen and oxygen atoms in total. The average Bonchev–Trinajstić information content (AvgIpc) is 3.56. The summed E-state index contributed by atoms with van der Waals surface area (Å²) in [5.74, 6) is 0.807. The van der Waals surface area contributed by atoms with Crippen LogP contribution in [0.1, 0.15) is 27.1 Å². The van der Waals surface area contributed by atoms with Gasteiger partial charge in [-0.2, -0.15) is 0 Å². The zero-order chi connectivity index (χ0) is 26.7. The van der Waals surface area contributed by atoms with Crippen LogP contribution in [0, 0.1) is 0 Å². The Labute approximate surface area is 232 Å². The van der Waals surface area contributed by atoms with Gasteiger partial charge in [-0.15, -0.1) is 11.8 Å². The third-order valence-electron chi connectivity index (χ3n) is 5.85. The number of carbonyl (C=O) groups excluding carboxylic acids is 2. The van der Waals surface area contributed by atoms with Crippen molar-refractivity contribution in [3.63, 3.8) is 0 Å². The summed E-state index contributed by atoms with van der Waals surface area (Å²) >= 11 is 4.85. The number of carbonyl (C=O) groups is 2. The molecule has 1 aliphatic heterocycles. The summed E-state index contributed by atoms with van der Waals surface area (Å²) in [6, 6.07) is 23.4. The summed E-state index contributed by atoms with van der Waals surface area (Å²) in [7, 11) is -3.78. The summed E-state index contributed by atoms with van der Waals surface area (Å²) in [6.07, 6.45) is 1.58. The fourth-order valence-corrected chi connectivity index (χ4v) is 6.43. The molecule has 0 aliphatic carbocycles. The Morgan fingerprint density at radius 3 is 2.32 bits per heavy atom. The Kier molecular flexibility index (Phi) is 7.59. The number of thioether (sulfide) groups is 1. The Balaban J connectivity index is 1.22. The first-order chi connectivity index (χ1) is 18.3. The number of halogens is 1. The van der Waals surface area contributed by atoms with Gasteiger partial charge in [0.1, 0.15) is 11.1 Å². The SMILES string of the molecule is O=C(Nc1ccc(S(=O)(=O)Nc2ccc(Br)cc2)cc1)c1ccc(C2SCC(=O)N2Cc2ccco2)cc1. The minimum atomic E-state index is -3.78. The zero-order valence-corrected chi connectivity index (χ0v) is 23.1. The maximum Gasteiger partial charge on any atom is 0.261 e. The lowest BCUT2D eigenvalue weighted by Crippen LogP contribution is -2.27. The van der Waals surface area contributed by atoms with Crippen molar-refractivity contribution in [1.29, 1.82) is 0 Å². The number of hydrogen-bond donors (Lipinski definition) is 2. The molecule has 1 saturated heterocycles. The number of hydrogen-bond acceptors (Lipinski definition) is 6. The van der Waals surface area contributed by atoms with Crippen LogP contribution in [0.2, 0.25) is 0 Å². The predicted molar refractivity (Wildman–Crippen MR) is 150 cm³/mol. The van der Waals surface area contributed by atoms with Crippen molar-refractivity contribution in [3.05, 3.63) is 113 Å². The quantitative estimate of drug-likeness (QED) is 0.258. The molecule has 1 unspecified atom stereocenters. The number of nitrogens with one attached hydrogen (secondary N) is 2. The van der Waals surface area contributed by atoms with Gasteiger partial charge in [0.05, 0.1) is 23.5 Å². The van der Waals surface area contributed by atoms with E-state index in [0.717, 1.165) is 10.0 Å². The van der Waals surface area contributed by atoms with Crippen molar-refractivity contribution in [3.8, 4) is 0 Å². The van der Waals surface area contributed by atoms with Gasteiger partial charge >= 0.3 is 0 Å². The molecule has 11 heteroatoms. The third kappa shape index (κ3) is 5.95. The first kappa shape index (κ1) is 26.1. The minimum Gasteiger partial charge on any atom is -0.467 e. The largest absolute Gasteiger partial charge is 0.467 e. The van der Waals surface area contributed by atoms with Crippen LogP contribution in [0.5, 0.6) is 0 Å². The second-order valence-corrected chi connectivity index (χ2v) is 12.1. The van der Waals surface area contributed by atoms with Gasteiger partial charge < -0.3 is 14.6 Å². The molecule has 2 heterocycles. The number of benzene rings is 3. The molecule has 194 valence electrons. The van der Waals surface area contributed by atoms with Gasteiger partial charge in [0.25, 0.3) is 15.9 Å². The lowest BCUT2D eigenvalue weighted by Gasteiger charge is -2.23. The smallest absolute Gasteiger partial charge is 0.261 e. The standard InChI is InChI=1S/C27H22BrN3O5S2/c28-20-7-9-22(10-8-20)30-38(34,35)24-13-11-21(12-14-24)29-26(33)18-3-5-19(6-4-18)27-31(25(32)17-37-27)16-23-2-1-15-36-23/h1-15,27,30H,16-17H2,(H,29,33). The Hall–Kier alpha value is -3.54. The maximum atomic E-state index is 12.8. The Morgan fingerprint density at radius 2 is 1.66 bits per heavy atom. The lowest BCUT2D eigenvalue weighted by atomic mass is 10.1. The van der Waals surface area contributed by atoms with E-state index in [9.17, 15) is 18.0 Å². The summed E-state index contributed by atoms with van der Waals surface area (Å²) in [6.45, 7) is 0.385. The molecular weight excluding hydrogens is 590 g/mol. The fraction of sp³-hybridized carbons (Fsp3) is 0.111. The monoisotopic (exact) mass is 611 g/mol. The van der Waals surface area contributed by atoms with Gasteiger partial charge in [0.15, 0.2) is 0 Å². The Morgan fingerprint density at radius 1 is 0.974 bits per heavy atom. The van der Waals surface area contributed by atoms with Crippen molar-refractivity contribution in [2.24, 2.45) is 0 Å². The molecule has 5 rings (SSSR count). The molecule has 2 N–H and O–H groups in total. The molecule has 0 spiro atoms. The van der Waals surface area contributed by atoms with Crippen LogP contribution in [-0.4, -0.2) is 30.9 Å². The first-order valence-electron chi connectivity index (χ1n) is 11.5. The summed E-state index contributed by atoms with van der Waals surface area (Å²) in [4.78, 5) is 27.0. The molecule has 0 radical (unpaired) electrons. The van der Waals surface area contributed by atoms with Gasteiger partial charge in [-0.1, -0.05) is 28.1 Å². The predicted octanol–water partition coefficient (Wildman–Crippen LogP) is 5.87. The molecule has 0 saturated carbocycles. The molecule has 1 atom stereocenters. The molecule has 1 fully saturated rings. The number of amides is 2. The molecular formula is C27H22BrN3O5S2. The third-order valence-corrected chi connectivity index (χ3v) is 9.03. The average molecular weight is 613 g/mol. The summed E-state index contributed by atoms with van der Waals surface area (Å²) in [5, 5.41) is 2.62. The van der Waals surface area contributed by atoms with Crippen molar-refractivity contribution in [1.82, 2.24) is 4.90 Å². The van der Waals surface area contributed by atoms with E-state index in [4.69, 9.17) is 4.42 Å². The number of rotatable bonds is 8. The molecule has 0 bridgehead atoms. The highest BCUT2D eigenvalue weighted by Crippen LogP contribution is 2.39. The highest BCUT2D eigenvalue weighted by atomic mass is 79.9. The second-order valence-electron chi connectivity index (χ2n) is 8.48. The lowest BCUT2D eigenvalue weighted by molar-refractivity contribution is -0.128. The van der Waals surface area contributed by atoms with Gasteiger partial charge in [-0.05, 0) is 78.4 Å². The molecule has 3 aromatic carbocycles. The normalized spacial score (nSPS) is 15.4. The first-order valence-corrected chi connectivity index (χ1v) is 14.8. The van der Waals surface area contributed by atoms with Crippen LogP contribution in [0.3, 0.4) is 0 Å². The van der Waals surface area contributed by atoms with E-state index in [2.05, 4.69) is 26.0 Å². The van der Waals surface area contributed by atoms with Gasteiger partial charge in [-0.3, -0.25) is 14.3 Å². The van der Waals surface area contributed by atoms with Crippen LogP contribution < -0.4 is 10.0 Å². The fourth-order valence-electron chi connectivity index (χ4n) is 3.92. The topological polar surface area (TPSA) is 109 Å². The van der Waals surface area contributed by atoms with Gasteiger partial charge in [0, 0.05) is 21.4 Å². The Bertz CT molecular complexity index is 1540. The highest BCUT2D eigenvalue weighted by Gasteiger charge is 2.33. The molecule has 2 amide bonds. The highest BCUT2D eigenvalue weighted by molar-refractivity contribution is 9.10. The number of anilines is 2. The summed E-state index contributed by atoms with van der Waals surface area (Å²) < 4.78 is 34.1. The van der Waals surface area contributed by atoms with E-state index in [-0.39, 0.29) is 22.1 Å². The van der Waals surface area contributed by atoms with E-state index in [1.165, 1.54) is 36.0 Å². The van der Waals surface area contributed by atoms with Crippen LogP contribution in [-0.2, 0) is 21.4 Å². The zero-order valence-electron chi connectivity index (χ0n) is 19.8. The maximum absolute atomic E-state index is 12.8. The van der Waals surface area contributed by atoms with Crippen LogP contribution in [0.25, 0.3) is 0 Å². The van der Waals surface area contributed by atoms with E-state index in [1.54, 1.807) is 53.6 Å². The van der Waals surface area contributed by atoms with Gasteiger partial charge in [0.2, 0.25) is 5.91 Å². The van der Waals surface area contributed by atoms with Crippen LogP contribution in [0.15, 0.2) is 105 Å². The summed E-state index contributed by atoms with van der Waals surface area (Å²) in [5.41, 5.74) is 2.26. The van der Waals surface area contributed by atoms with Gasteiger partial charge in [-0.25, -0.2) is 8.42 Å². The van der Waals surface area contributed by atoms with E-state index in [0.29, 0.717) is 35.0 Å². The molecule has 38 heavy (non-hydrogen) atoms. The molecule has 1 aromatic heterocycles. The second kappa shape index (κ2) is 11.1. The van der Waals surface area contributed by atoms with Crippen molar-refractivity contribution >= 4 is 60.9 Å². The molecule has 4 aromatic rings. The minimum absolute atomic E-state index is 0.0377. The number of furan rings is 1. The van der Waals surface area contributed by atoms with E-state index in [1.807, 2.05) is 18.2 Å². The van der Waals surface area contributed by atoms with E-state index >= 15 is 0 Å². The van der Waals surface area contributed by atoms with Crippen LogP contribution in [0.4, 0.5) is 11.4 Å². The van der Waals surface area contributed by atoms with Crippen molar-refractivity contribution < 1.29 is 22.4 Å². The number of sulfonamides is 1. The van der Waals surface area contributed by atoms with Crippen LogP contribution >= 0.6 is 27.7 Å². The van der Waals surface area contributed by atoms with E-state index < -0.39 is 10.0 Å².